The van der Waals surface area contributed by atoms with Crippen LogP contribution >= 0.6 is 0 Å². The second-order valence-electron chi connectivity index (χ2n) is 4.57. The molecule has 0 unspecified atom stereocenters. The second kappa shape index (κ2) is 4.83. The average molecular weight is 244 g/mol. The Hall–Kier alpha value is -1.79. The van der Waals surface area contributed by atoms with E-state index in [9.17, 15) is 0 Å². The summed E-state index contributed by atoms with van der Waals surface area (Å²) >= 11 is 0. The van der Waals surface area contributed by atoms with Crippen LogP contribution in [0.1, 0.15) is 5.82 Å². The van der Waals surface area contributed by atoms with Crippen LogP contribution in [0.5, 0.6) is 0 Å². The van der Waals surface area contributed by atoms with Crippen LogP contribution in [0.25, 0.3) is 5.69 Å². The highest BCUT2D eigenvalue weighted by atomic mass is 15.5. The first-order valence-electron chi connectivity index (χ1n) is 6.08. The lowest BCUT2D eigenvalue weighted by atomic mass is 10.1. The van der Waals surface area contributed by atoms with Crippen LogP contribution in [0.15, 0.2) is 30.3 Å². The third-order valence-corrected chi connectivity index (χ3v) is 3.31. The van der Waals surface area contributed by atoms with Crippen LogP contribution in [-0.2, 0) is 6.54 Å². The molecule has 0 aliphatic carbocycles. The van der Waals surface area contributed by atoms with Crippen molar-refractivity contribution in [3.63, 3.8) is 0 Å². The number of rotatable bonds is 4. The zero-order chi connectivity index (χ0) is 12.4. The van der Waals surface area contributed by atoms with E-state index >= 15 is 0 Å². The maximum absolute atomic E-state index is 4.11. The van der Waals surface area contributed by atoms with Gasteiger partial charge in [0.1, 0.15) is 0 Å². The van der Waals surface area contributed by atoms with Crippen LogP contribution in [0.3, 0.4) is 0 Å². The lowest BCUT2D eigenvalue weighted by molar-refractivity contribution is 0.168. The molecule has 0 radical (unpaired) electrons. The minimum Gasteiger partial charge on any atom is -0.314 e. The number of nitrogens with one attached hydrogen (secondary N) is 1. The number of aromatic nitrogens is 4. The summed E-state index contributed by atoms with van der Waals surface area (Å²) in [4.78, 5) is 2.28. The topological polar surface area (TPSA) is 58.9 Å². The first kappa shape index (κ1) is 11.3. The van der Waals surface area contributed by atoms with Crippen molar-refractivity contribution in [1.82, 2.24) is 30.4 Å². The molecule has 1 fully saturated rings. The van der Waals surface area contributed by atoms with Gasteiger partial charge in [0.05, 0.1) is 12.2 Å². The molecule has 0 atom stereocenters. The predicted octanol–water partition coefficient (Wildman–Crippen LogP) is 0.0659. The summed E-state index contributed by atoms with van der Waals surface area (Å²) in [7, 11) is 2.11. The van der Waals surface area contributed by atoms with Gasteiger partial charge in [0.25, 0.3) is 0 Å². The van der Waals surface area contributed by atoms with Gasteiger partial charge in [-0.05, 0) is 29.6 Å². The summed E-state index contributed by atoms with van der Waals surface area (Å²) in [6.45, 7) is 2.85. The Bertz CT molecular complexity index is 504. The number of benzene rings is 1. The molecule has 1 saturated heterocycles. The van der Waals surface area contributed by atoms with Crippen molar-refractivity contribution in [1.29, 1.82) is 0 Å². The standard InChI is InChI=1S/C12H16N6/c1-17(11-7-13-8-11)9-12-14-15-16-18(12)10-5-3-2-4-6-10/h2-6,11,13H,7-9H2,1H3. The Morgan fingerprint density at radius 2 is 2.11 bits per heavy atom. The highest BCUT2D eigenvalue weighted by Gasteiger charge is 2.23. The largest absolute Gasteiger partial charge is 0.314 e. The zero-order valence-corrected chi connectivity index (χ0v) is 10.3. The monoisotopic (exact) mass is 244 g/mol. The molecule has 2 heterocycles. The average Bonchev–Trinajstić information content (AvgIpc) is 2.76. The lowest BCUT2D eigenvalue weighted by Gasteiger charge is -2.35. The molecule has 6 nitrogen and oxygen atoms in total. The van der Waals surface area contributed by atoms with Gasteiger partial charge in [-0.15, -0.1) is 5.10 Å². The van der Waals surface area contributed by atoms with E-state index in [1.165, 1.54) is 0 Å². The minimum atomic E-state index is 0.589. The molecule has 6 heteroatoms. The molecular weight excluding hydrogens is 228 g/mol. The van der Waals surface area contributed by atoms with E-state index in [-0.39, 0.29) is 0 Å². The Balaban J connectivity index is 1.79. The third-order valence-electron chi connectivity index (χ3n) is 3.31. The summed E-state index contributed by atoms with van der Waals surface area (Å²) in [6, 6.07) is 10.6. The maximum Gasteiger partial charge on any atom is 0.170 e. The molecule has 1 N–H and O–H groups in total. The number of hydrogen-bond acceptors (Lipinski definition) is 5. The first-order valence-corrected chi connectivity index (χ1v) is 6.08. The molecule has 1 aliphatic rings. The highest BCUT2D eigenvalue weighted by Crippen LogP contribution is 2.11. The summed E-state index contributed by atoms with van der Waals surface area (Å²) in [6.07, 6.45) is 0. The molecule has 1 aromatic heterocycles. The number of hydrogen-bond donors (Lipinski definition) is 1. The van der Waals surface area contributed by atoms with Crippen molar-refractivity contribution < 1.29 is 0 Å². The van der Waals surface area contributed by atoms with Crippen LogP contribution in [0.4, 0.5) is 0 Å². The molecular formula is C12H16N6. The van der Waals surface area contributed by atoms with Gasteiger partial charge < -0.3 is 5.32 Å². The van der Waals surface area contributed by atoms with Gasteiger partial charge in [-0.2, -0.15) is 4.68 Å². The van der Waals surface area contributed by atoms with Crippen molar-refractivity contribution >= 4 is 0 Å². The van der Waals surface area contributed by atoms with E-state index in [0.717, 1.165) is 31.1 Å². The third kappa shape index (κ3) is 2.12. The molecule has 0 spiro atoms. The van der Waals surface area contributed by atoms with Crippen molar-refractivity contribution in [2.75, 3.05) is 20.1 Å². The molecule has 0 bridgehead atoms. The van der Waals surface area contributed by atoms with Crippen molar-refractivity contribution in [3.8, 4) is 5.69 Å². The maximum atomic E-state index is 4.11. The SMILES string of the molecule is CN(Cc1nnnn1-c1ccccc1)C1CNC1. The van der Waals surface area contributed by atoms with E-state index in [4.69, 9.17) is 0 Å². The van der Waals surface area contributed by atoms with Gasteiger partial charge in [0, 0.05) is 19.1 Å². The van der Waals surface area contributed by atoms with Gasteiger partial charge >= 0.3 is 0 Å². The molecule has 94 valence electrons. The van der Waals surface area contributed by atoms with Crippen molar-refractivity contribution in [2.45, 2.75) is 12.6 Å². The Morgan fingerprint density at radius 3 is 2.78 bits per heavy atom. The fraction of sp³-hybridized carbons (Fsp3) is 0.417. The van der Waals surface area contributed by atoms with E-state index in [1.54, 1.807) is 4.68 Å². The molecule has 0 amide bonds. The van der Waals surface area contributed by atoms with Crippen LogP contribution < -0.4 is 5.32 Å². The molecule has 18 heavy (non-hydrogen) atoms. The first-order chi connectivity index (χ1) is 8.84. The number of nitrogens with zero attached hydrogens (tertiary/aromatic N) is 5. The van der Waals surface area contributed by atoms with Crippen LogP contribution in [-0.4, -0.2) is 51.3 Å². The smallest absolute Gasteiger partial charge is 0.170 e. The van der Waals surface area contributed by atoms with Gasteiger partial charge in [0.15, 0.2) is 5.82 Å². The van der Waals surface area contributed by atoms with Crippen LogP contribution in [0, 0.1) is 0 Å². The molecule has 1 aromatic carbocycles. The highest BCUT2D eigenvalue weighted by molar-refractivity contribution is 5.30. The van der Waals surface area contributed by atoms with Crippen molar-refractivity contribution in [2.24, 2.45) is 0 Å². The molecule has 1 aliphatic heterocycles. The van der Waals surface area contributed by atoms with Crippen molar-refractivity contribution in [3.05, 3.63) is 36.2 Å². The summed E-state index contributed by atoms with van der Waals surface area (Å²) in [5, 5.41) is 15.2. The second-order valence-corrected chi connectivity index (χ2v) is 4.57. The predicted molar refractivity (Wildman–Crippen MR) is 67.3 cm³/mol. The van der Waals surface area contributed by atoms with E-state index in [1.807, 2.05) is 30.3 Å². The van der Waals surface area contributed by atoms with E-state index in [0.29, 0.717) is 6.04 Å². The summed E-state index contributed by atoms with van der Waals surface area (Å²) in [5.41, 5.74) is 0.998. The Labute approximate surface area is 106 Å². The van der Waals surface area contributed by atoms with E-state index < -0.39 is 0 Å². The van der Waals surface area contributed by atoms with Gasteiger partial charge in [0.2, 0.25) is 0 Å². The fourth-order valence-electron chi connectivity index (χ4n) is 2.01. The minimum absolute atomic E-state index is 0.589. The lowest BCUT2D eigenvalue weighted by Crippen LogP contribution is -2.55. The van der Waals surface area contributed by atoms with E-state index in [2.05, 4.69) is 32.8 Å². The molecule has 0 saturated carbocycles. The normalized spacial score (nSPS) is 15.9. The quantitative estimate of drug-likeness (QED) is 0.824. The summed E-state index contributed by atoms with van der Waals surface area (Å²) in [5.74, 6) is 0.871. The number of tetrazole rings is 1. The zero-order valence-electron chi connectivity index (χ0n) is 10.3. The van der Waals surface area contributed by atoms with Crippen LogP contribution in [0.2, 0.25) is 0 Å². The summed E-state index contributed by atoms with van der Waals surface area (Å²) < 4.78 is 1.79. The van der Waals surface area contributed by atoms with Gasteiger partial charge in [-0.3, -0.25) is 4.90 Å². The fourth-order valence-corrected chi connectivity index (χ4v) is 2.01. The van der Waals surface area contributed by atoms with Gasteiger partial charge in [-0.25, -0.2) is 0 Å². The number of para-hydroxylation sites is 1. The van der Waals surface area contributed by atoms with Gasteiger partial charge in [-0.1, -0.05) is 18.2 Å². The Morgan fingerprint density at radius 1 is 1.33 bits per heavy atom. The molecule has 3 rings (SSSR count). The Kier molecular flexibility index (Phi) is 3.04. The molecule has 2 aromatic rings. The number of likely N-dealkylation sites (N-methyl/N-ethyl adjacent to an activating group) is 1.